The number of amides is 1. The van der Waals surface area contributed by atoms with Gasteiger partial charge in [-0.25, -0.2) is 0 Å². The monoisotopic (exact) mass is 268 g/mol. The average molecular weight is 268 g/mol. The van der Waals surface area contributed by atoms with Crippen LogP contribution in [0.25, 0.3) is 0 Å². The fourth-order valence-corrected chi connectivity index (χ4v) is 3.67. The molecular formula is C15H28N2O2. The standard InChI is InChI=1S/C15H28N2O2/c1-15(2)10-16(3)13(9-18)14(19)17(11-15)12-7-5-4-6-8-12/h12-13,18H,4-11H2,1-3H3. The third kappa shape index (κ3) is 3.29. The molecule has 1 aliphatic heterocycles. The molecule has 1 saturated heterocycles. The highest BCUT2D eigenvalue weighted by molar-refractivity contribution is 5.82. The summed E-state index contributed by atoms with van der Waals surface area (Å²) < 4.78 is 0. The molecule has 1 aliphatic carbocycles. The molecule has 1 unspecified atom stereocenters. The van der Waals surface area contributed by atoms with E-state index in [2.05, 4.69) is 18.7 Å². The molecular weight excluding hydrogens is 240 g/mol. The van der Waals surface area contributed by atoms with Crippen molar-refractivity contribution in [2.24, 2.45) is 5.41 Å². The van der Waals surface area contributed by atoms with Gasteiger partial charge in [0.2, 0.25) is 5.91 Å². The first kappa shape index (κ1) is 14.8. The van der Waals surface area contributed by atoms with E-state index in [9.17, 15) is 9.90 Å². The molecule has 0 aromatic rings. The van der Waals surface area contributed by atoms with E-state index in [4.69, 9.17) is 0 Å². The number of carbonyl (C=O) groups excluding carboxylic acids is 1. The number of hydrogen-bond acceptors (Lipinski definition) is 3. The van der Waals surface area contributed by atoms with Crippen molar-refractivity contribution >= 4 is 5.91 Å². The summed E-state index contributed by atoms with van der Waals surface area (Å²) in [5.41, 5.74) is 0.0891. The molecule has 1 saturated carbocycles. The Labute approximate surface area is 116 Å². The first-order valence-electron chi connectivity index (χ1n) is 7.56. The lowest BCUT2D eigenvalue weighted by Crippen LogP contribution is -2.50. The number of likely N-dealkylation sites (N-methyl/N-ethyl adjacent to an activating group) is 1. The Morgan fingerprint density at radius 2 is 1.84 bits per heavy atom. The lowest BCUT2D eigenvalue weighted by Gasteiger charge is -2.37. The van der Waals surface area contributed by atoms with E-state index in [-0.39, 0.29) is 24.0 Å². The van der Waals surface area contributed by atoms with Crippen LogP contribution in [0.1, 0.15) is 46.0 Å². The van der Waals surface area contributed by atoms with Crippen LogP contribution >= 0.6 is 0 Å². The second kappa shape index (κ2) is 5.80. The van der Waals surface area contributed by atoms with Crippen molar-refractivity contribution in [3.05, 3.63) is 0 Å². The number of aliphatic hydroxyl groups excluding tert-OH is 1. The number of aliphatic hydroxyl groups is 1. The topological polar surface area (TPSA) is 43.8 Å². The van der Waals surface area contributed by atoms with Gasteiger partial charge in [0.05, 0.1) is 6.61 Å². The summed E-state index contributed by atoms with van der Waals surface area (Å²) in [6.07, 6.45) is 6.02. The van der Waals surface area contributed by atoms with Crippen molar-refractivity contribution in [3.8, 4) is 0 Å². The summed E-state index contributed by atoms with van der Waals surface area (Å²) in [7, 11) is 1.95. The summed E-state index contributed by atoms with van der Waals surface area (Å²) in [6.45, 7) is 6.03. The van der Waals surface area contributed by atoms with Gasteiger partial charge in [0, 0.05) is 19.1 Å². The Morgan fingerprint density at radius 1 is 1.21 bits per heavy atom. The van der Waals surface area contributed by atoms with Gasteiger partial charge in [0.15, 0.2) is 0 Å². The van der Waals surface area contributed by atoms with Gasteiger partial charge in [-0.1, -0.05) is 33.1 Å². The Kier molecular flexibility index (Phi) is 4.51. The van der Waals surface area contributed by atoms with E-state index in [1.807, 2.05) is 11.9 Å². The molecule has 2 rings (SSSR count). The summed E-state index contributed by atoms with van der Waals surface area (Å²) in [5.74, 6) is 0.127. The molecule has 0 aromatic heterocycles. The third-order valence-corrected chi connectivity index (χ3v) is 4.56. The van der Waals surface area contributed by atoms with Crippen molar-refractivity contribution in [3.63, 3.8) is 0 Å². The Morgan fingerprint density at radius 3 is 2.42 bits per heavy atom. The van der Waals surface area contributed by atoms with Crippen LogP contribution in [0.2, 0.25) is 0 Å². The largest absolute Gasteiger partial charge is 0.394 e. The molecule has 0 spiro atoms. The van der Waals surface area contributed by atoms with Crippen LogP contribution < -0.4 is 0 Å². The predicted molar refractivity (Wildman–Crippen MR) is 75.9 cm³/mol. The zero-order chi connectivity index (χ0) is 14.0. The molecule has 0 aromatic carbocycles. The van der Waals surface area contributed by atoms with Crippen molar-refractivity contribution in [1.82, 2.24) is 9.80 Å². The highest BCUT2D eigenvalue weighted by atomic mass is 16.3. The van der Waals surface area contributed by atoms with E-state index in [1.54, 1.807) is 0 Å². The molecule has 4 heteroatoms. The normalized spacial score (nSPS) is 30.4. The molecule has 1 amide bonds. The smallest absolute Gasteiger partial charge is 0.242 e. The molecule has 110 valence electrons. The number of carbonyl (C=O) groups is 1. The van der Waals surface area contributed by atoms with E-state index >= 15 is 0 Å². The van der Waals surface area contributed by atoms with Crippen LogP contribution in [-0.2, 0) is 4.79 Å². The molecule has 1 atom stereocenters. The number of rotatable bonds is 2. The fraction of sp³-hybridized carbons (Fsp3) is 0.933. The maximum absolute atomic E-state index is 12.7. The Bertz CT molecular complexity index is 324. The van der Waals surface area contributed by atoms with Gasteiger partial charge in [-0.2, -0.15) is 0 Å². The van der Waals surface area contributed by atoms with Crippen molar-refractivity contribution in [2.75, 3.05) is 26.7 Å². The van der Waals surface area contributed by atoms with Crippen molar-refractivity contribution in [1.29, 1.82) is 0 Å². The van der Waals surface area contributed by atoms with Crippen LogP contribution in [-0.4, -0.2) is 59.6 Å². The van der Waals surface area contributed by atoms with E-state index in [0.717, 1.165) is 25.9 Å². The van der Waals surface area contributed by atoms with Gasteiger partial charge in [-0.05, 0) is 25.3 Å². The summed E-state index contributed by atoms with van der Waals surface area (Å²) in [4.78, 5) is 16.8. The first-order chi connectivity index (χ1) is 8.94. The SMILES string of the molecule is CN1CC(C)(C)CN(C2CCCCC2)C(=O)C1CO. The molecule has 1 N–H and O–H groups in total. The van der Waals surface area contributed by atoms with Crippen LogP contribution in [0.15, 0.2) is 0 Å². The van der Waals surface area contributed by atoms with Gasteiger partial charge in [0.1, 0.15) is 6.04 Å². The highest BCUT2D eigenvalue weighted by Gasteiger charge is 2.40. The lowest BCUT2D eigenvalue weighted by molar-refractivity contribution is -0.139. The molecule has 0 radical (unpaired) electrons. The average Bonchev–Trinajstić information content (AvgIpc) is 2.45. The molecule has 2 aliphatic rings. The molecule has 2 fully saturated rings. The Balaban J connectivity index is 2.20. The molecule has 4 nitrogen and oxygen atoms in total. The Hall–Kier alpha value is -0.610. The maximum Gasteiger partial charge on any atom is 0.242 e. The van der Waals surface area contributed by atoms with Crippen LogP contribution in [0, 0.1) is 5.41 Å². The quantitative estimate of drug-likeness (QED) is 0.825. The second-order valence-electron chi connectivity index (χ2n) is 7.04. The molecule has 19 heavy (non-hydrogen) atoms. The number of nitrogens with zero attached hydrogens (tertiary/aromatic N) is 2. The molecule has 0 bridgehead atoms. The minimum atomic E-state index is -0.358. The second-order valence-corrected chi connectivity index (χ2v) is 7.04. The minimum Gasteiger partial charge on any atom is -0.394 e. The van der Waals surface area contributed by atoms with E-state index < -0.39 is 0 Å². The van der Waals surface area contributed by atoms with Gasteiger partial charge in [0.25, 0.3) is 0 Å². The first-order valence-corrected chi connectivity index (χ1v) is 7.56. The zero-order valence-electron chi connectivity index (χ0n) is 12.6. The zero-order valence-corrected chi connectivity index (χ0v) is 12.6. The summed E-state index contributed by atoms with van der Waals surface area (Å²) >= 11 is 0. The van der Waals surface area contributed by atoms with Gasteiger partial charge in [-0.15, -0.1) is 0 Å². The molecule has 1 heterocycles. The van der Waals surface area contributed by atoms with Gasteiger partial charge < -0.3 is 10.0 Å². The number of hydrogen-bond donors (Lipinski definition) is 1. The van der Waals surface area contributed by atoms with Gasteiger partial charge in [-0.3, -0.25) is 9.69 Å². The van der Waals surface area contributed by atoms with Crippen LogP contribution in [0.5, 0.6) is 0 Å². The summed E-state index contributed by atoms with van der Waals surface area (Å²) in [6, 6.07) is 0.0322. The minimum absolute atomic E-state index is 0.0748. The summed E-state index contributed by atoms with van der Waals surface area (Å²) in [5, 5.41) is 9.55. The van der Waals surface area contributed by atoms with E-state index in [0.29, 0.717) is 6.04 Å². The van der Waals surface area contributed by atoms with Crippen LogP contribution in [0.3, 0.4) is 0 Å². The third-order valence-electron chi connectivity index (χ3n) is 4.56. The lowest BCUT2D eigenvalue weighted by atomic mass is 9.89. The predicted octanol–water partition coefficient (Wildman–Crippen LogP) is 1.48. The van der Waals surface area contributed by atoms with Crippen molar-refractivity contribution < 1.29 is 9.90 Å². The van der Waals surface area contributed by atoms with Crippen molar-refractivity contribution in [2.45, 2.75) is 58.0 Å². The maximum atomic E-state index is 12.7. The van der Waals surface area contributed by atoms with Crippen LogP contribution in [0.4, 0.5) is 0 Å². The van der Waals surface area contributed by atoms with Gasteiger partial charge >= 0.3 is 0 Å². The van der Waals surface area contributed by atoms with E-state index in [1.165, 1.54) is 19.3 Å². The fourth-order valence-electron chi connectivity index (χ4n) is 3.67. The highest BCUT2D eigenvalue weighted by Crippen LogP contribution is 2.30.